The fourth-order valence-corrected chi connectivity index (χ4v) is 3.31. The number of H-pyrrole nitrogens is 1. The molecule has 1 aromatic heterocycles. The SMILES string of the molecule is Cc1ccc(NC(=O)C2CC2)cc1NC(=O)CCn1c(=O)[nH]c(=O)c2ccccc21. The van der Waals surface area contributed by atoms with Gasteiger partial charge in [-0.3, -0.25) is 23.9 Å². The standard InChI is InChI=1S/C22H22N4O4/c1-13-6-9-15(23-20(28)14-7-8-14)12-17(13)24-19(27)10-11-26-18-5-3-2-4-16(18)21(29)25-22(26)30/h2-6,9,12,14H,7-8,10-11H2,1H3,(H,23,28)(H,24,27)(H,25,29,30). The van der Waals surface area contributed by atoms with Crippen LogP contribution in [0.1, 0.15) is 24.8 Å². The third-order valence-corrected chi connectivity index (χ3v) is 5.19. The maximum atomic E-state index is 12.5. The summed E-state index contributed by atoms with van der Waals surface area (Å²) in [5.74, 6) is -0.179. The number of aromatic nitrogens is 2. The van der Waals surface area contributed by atoms with Gasteiger partial charge >= 0.3 is 5.69 Å². The van der Waals surface area contributed by atoms with Crippen molar-refractivity contribution in [1.29, 1.82) is 0 Å². The highest BCUT2D eigenvalue weighted by Crippen LogP contribution is 2.30. The Kier molecular flexibility index (Phi) is 5.22. The van der Waals surface area contributed by atoms with Crippen LogP contribution in [0, 0.1) is 12.8 Å². The predicted molar refractivity (Wildman–Crippen MR) is 115 cm³/mol. The molecule has 3 N–H and O–H groups in total. The molecule has 0 radical (unpaired) electrons. The largest absolute Gasteiger partial charge is 0.328 e. The van der Waals surface area contributed by atoms with Gasteiger partial charge in [-0.15, -0.1) is 0 Å². The molecule has 3 aromatic rings. The zero-order valence-electron chi connectivity index (χ0n) is 16.5. The van der Waals surface area contributed by atoms with E-state index in [9.17, 15) is 19.2 Å². The molecule has 0 spiro atoms. The van der Waals surface area contributed by atoms with Crippen LogP contribution in [-0.2, 0) is 16.1 Å². The van der Waals surface area contributed by atoms with Gasteiger partial charge in [0.05, 0.1) is 10.9 Å². The maximum Gasteiger partial charge on any atom is 0.328 e. The minimum atomic E-state index is -0.549. The smallest absolute Gasteiger partial charge is 0.326 e. The molecule has 1 aliphatic rings. The number of aromatic amines is 1. The third kappa shape index (κ3) is 4.17. The number of hydrogen-bond acceptors (Lipinski definition) is 4. The fourth-order valence-electron chi connectivity index (χ4n) is 3.31. The molecule has 8 nitrogen and oxygen atoms in total. The van der Waals surface area contributed by atoms with Crippen molar-refractivity contribution in [2.24, 2.45) is 5.92 Å². The molecule has 0 aliphatic heterocycles. The van der Waals surface area contributed by atoms with Crippen LogP contribution in [0.2, 0.25) is 0 Å². The predicted octanol–water partition coefficient (Wildman–Crippen LogP) is 2.38. The van der Waals surface area contributed by atoms with Crippen LogP contribution >= 0.6 is 0 Å². The summed E-state index contributed by atoms with van der Waals surface area (Å²) >= 11 is 0. The Hall–Kier alpha value is -3.68. The van der Waals surface area contributed by atoms with Crippen molar-refractivity contribution < 1.29 is 9.59 Å². The molecule has 154 valence electrons. The Morgan fingerprint density at radius 1 is 1.10 bits per heavy atom. The monoisotopic (exact) mass is 406 g/mol. The number of fused-ring (bicyclic) bond motifs is 1. The lowest BCUT2D eigenvalue weighted by molar-refractivity contribution is -0.117. The fraction of sp³-hybridized carbons (Fsp3) is 0.273. The number of carbonyl (C=O) groups excluding carboxylic acids is 2. The Labute approximate surface area is 171 Å². The molecular formula is C22H22N4O4. The summed E-state index contributed by atoms with van der Waals surface area (Å²) in [6.45, 7) is 1.99. The maximum absolute atomic E-state index is 12.5. The number of carbonyl (C=O) groups is 2. The first-order valence-electron chi connectivity index (χ1n) is 9.85. The molecule has 4 rings (SSSR count). The number of nitrogens with zero attached hydrogens (tertiary/aromatic N) is 1. The molecule has 30 heavy (non-hydrogen) atoms. The highest BCUT2D eigenvalue weighted by molar-refractivity contribution is 5.96. The van der Waals surface area contributed by atoms with Gasteiger partial charge in [-0.2, -0.15) is 0 Å². The number of benzene rings is 2. The van der Waals surface area contributed by atoms with Crippen LogP contribution in [0.15, 0.2) is 52.1 Å². The van der Waals surface area contributed by atoms with Gasteiger partial charge in [0, 0.05) is 30.3 Å². The minimum absolute atomic E-state index is 0.000419. The first-order valence-corrected chi connectivity index (χ1v) is 9.85. The first kappa shape index (κ1) is 19.6. The van der Waals surface area contributed by atoms with E-state index in [1.54, 1.807) is 36.4 Å². The summed E-state index contributed by atoms with van der Waals surface area (Å²) in [7, 11) is 0. The lowest BCUT2D eigenvalue weighted by atomic mass is 10.1. The van der Waals surface area contributed by atoms with E-state index in [1.807, 2.05) is 13.0 Å². The Balaban J connectivity index is 1.47. The molecule has 1 saturated carbocycles. The highest BCUT2D eigenvalue weighted by atomic mass is 16.2. The summed E-state index contributed by atoms with van der Waals surface area (Å²) in [6, 6.07) is 12.1. The van der Waals surface area contributed by atoms with E-state index in [2.05, 4.69) is 15.6 Å². The van der Waals surface area contributed by atoms with E-state index in [4.69, 9.17) is 0 Å². The molecule has 8 heteroatoms. The average Bonchev–Trinajstić information content (AvgIpc) is 3.56. The second-order valence-corrected chi connectivity index (χ2v) is 7.52. The van der Waals surface area contributed by atoms with Gasteiger partial charge in [0.1, 0.15) is 0 Å². The summed E-state index contributed by atoms with van der Waals surface area (Å²) in [5, 5.41) is 6.10. The molecule has 1 heterocycles. The summed E-state index contributed by atoms with van der Waals surface area (Å²) in [5.41, 5.74) is 1.59. The molecule has 0 bridgehead atoms. The highest BCUT2D eigenvalue weighted by Gasteiger charge is 2.29. The van der Waals surface area contributed by atoms with Gasteiger partial charge < -0.3 is 10.6 Å². The molecule has 1 fully saturated rings. The number of hydrogen-bond donors (Lipinski definition) is 3. The molecule has 0 unspecified atom stereocenters. The minimum Gasteiger partial charge on any atom is -0.326 e. The second kappa shape index (κ2) is 7.98. The van der Waals surface area contributed by atoms with Crippen molar-refractivity contribution in [3.63, 3.8) is 0 Å². The molecular weight excluding hydrogens is 384 g/mol. The van der Waals surface area contributed by atoms with Crippen LogP contribution in [-0.4, -0.2) is 21.4 Å². The summed E-state index contributed by atoms with van der Waals surface area (Å²) in [4.78, 5) is 50.9. The lowest BCUT2D eigenvalue weighted by Crippen LogP contribution is -2.31. The molecule has 2 aromatic carbocycles. The van der Waals surface area contributed by atoms with E-state index in [0.29, 0.717) is 22.3 Å². The van der Waals surface area contributed by atoms with Crippen molar-refractivity contribution >= 4 is 34.1 Å². The van der Waals surface area contributed by atoms with Gasteiger partial charge in [0.15, 0.2) is 0 Å². The number of aryl methyl sites for hydroxylation is 2. The van der Waals surface area contributed by atoms with Gasteiger partial charge in [0.25, 0.3) is 5.56 Å². The first-order chi connectivity index (χ1) is 14.4. The number of rotatable bonds is 6. The average molecular weight is 406 g/mol. The van der Waals surface area contributed by atoms with Crippen LogP contribution in [0.25, 0.3) is 10.9 Å². The van der Waals surface area contributed by atoms with E-state index in [0.717, 1.165) is 18.4 Å². The van der Waals surface area contributed by atoms with E-state index < -0.39 is 11.2 Å². The van der Waals surface area contributed by atoms with Crippen molar-refractivity contribution in [3.05, 3.63) is 68.9 Å². The van der Waals surface area contributed by atoms with Crippen molar-refractivity contribution in [2.75, 3.05) is 10.6 Å². The van der Waals surface area contributed by atoms with Crippen molar-refractivity contribution in [2.45, 2.75) is 32.7 Å². The zero-order chi connectivity index (χ0) is 21.3. The van der Waals surface area contributed by atoms with Crippen LogP contribution in [0.5, 0.6) is 0 Å². The Morgan fingerprint density at radius 2 is 1.87 bits per heavy atom. The van der Waals surface area contributed by atoms with E-state index >= 15 is 0 Å². The Morgan fingerprint density at radius 3 is 2.63 bits per heavy atom. The van der Waals surface area contributed by atoms with Gasteiger partial charge in [-0.05, 0) is 49.6 Å². The molecule has 0 saturated heterocycles. The van der Waals surface area contributed by atoms with E-state index in [1.165, 1.54) is 4.57 Å². The summed E-state index contributed by atoms with van der Waals surface area (Å²) in [6.07, 6.45) is 1.88. The Bertz CT molecular complexity index is 1250. The van der Waals surface area contributed by atoms with E-state index in [-0.39, 0.29) is 30.7 Å². The third-order valence-electron chi connectivity index (χ3n) is 5.19. The zero-order valence-corrected chi connectivity index (χ0v) is 16.5. The number of anilines is 2. The lowest BCUT2D eigenvalue weighted by Gasteiger charge is -2.13. The number of para-hydroxylation sites is 1. The van der Waals surface area contributed by atoms with Crippen molar-refractivity contribution in [1.82, 2.24) is 9.55 Å². The number of amides is 2. The van der Waals surface area contributed by atoms with Gasteiger partial charge in [0.2, 0.25) is 11.8 Å². The molecule has 2 amide bonds. The quantitative estimate of drug-likeness (QED) is 0.583. The van der Waals surface area contributed by atoms with Crippen LogP contribution in [0.4, 0.5) is 11.4 Å². The second-order valence-electron chi connectivity index (χ2n) is 7.52. The topological polar surface area (TPSA) is 113 Å². The van der Waals surface area contributed by atoms with Gasteiger partial charge in [-0.25, -0.2) is 4.79 Å². The number of nitrogens with one attached hydrogen (secondary N) is 3. The molecule has 0 atom stereocenters. The molecule has 1 aliphatic carbocycles. The van der Waals surface area contributed by atoms with Crippen molar-refractivity contribution in [3.8, 4) is 0 Å². The van der Waals surface area contributed by atoms with Crippen LogP contribution < -0.4 is 21.9 Å². The van der Waals surface area contributed by atoms with Crippen LogP contribution in [0.3, 0.4) is 0 Å². The summed E-state index contributed by atoms with van der Waals surface area (Å²) < 4.78 is 1.38. The normalized spacial score (nSPS) is 13.2. The van der Waals surface area contributed by atoms with Gasteiger partial charge in [-0.1, -0.05) is 18.2 Å².